The van der Waals surface area contributed by atoms with Gasteiger partial charge in [0.2, 0.25) is 5.91 Å². The van der Waals surface area contributed by atoms with Crippen molar-refractivity contribution in [2.24, 2.45) is 0 Å². The van der Waals surface area contributed by atoms with Crippen LogP contribution in [0.1, 0.15) is 6.92 Å². The number of carbonyl (C=O) groups is 1. The Labute approximate surface area is 154 Å². The molecule has 0 bridgehead atoms. The topological polar surface area (TPSA) is 26.8 Å². The molecular weight excluding hydrogens is 334 g/mol. The molecule has 1 aliphatic heterocycles. The molecule has 1 amide bonds. The van der Waals surface area contributed by atoms with Crippen LogP contribution < -0.4 is 9.80 Å². The highest BCUT2D eigenvalue weighted by atomic mass is 35.5. The highest BCUT2D eigenvalue weighted by molar-refractivity contribution is 6.33. The maximum absolute atomic E-state index is 12.7. The number of likely N-dealkylation sites (N-methyl/N-ethyl adjacent to an activating group) is 1. The summed E-state index contributed by atoms with van der Waals surface area (Å²) in [6.45, 7) is 6.65. The monoisotopic (exact) mass is 357 g/mol. The molecule has 25 heavy (non-hydrogen) atoms. The first-order valence-electron chi connectivity index (χ1n) is 8.76. The standard InChI is InChI=1S/C20H24ClN3O/c1-2-24(17-8-4-3-5-9-17)20(25)16-22-12-14-23(15-13-22)19-11-7-6-10-18(19)21/h3-11H,2,12-16H2,1H3. The average molecular weight is 358 g/mol. The molecule has 0 spiro atoms. The van der Waals surface area contributed by atoms with Gasteiger partial charge in [0.15, 0.2) is 0 Å². The summed E-state index contributed by atoms with van der Waals surface area (Å²) in [5, 5.41) is 0.785. The average Bonchev–Trinajstić information content (AvgIpc) is 2.64. The normalized spacial score (nSPS) is 15.2. The lowest BCUT2D eigenvalue weighted by Crippen LogP contribution is -2.50. The van der Waals surface area contributed by atoms with Crippen molar-refractivity contribution >= 4 is 28.9 Å². The van der Waals surface area contributed by atoms with Crippen molar-refractivity contribution in [2.45, 2.75) is 6.92 Å². The number of benzene rings is 2. The van der Waals surface area contributed by atoms with Gasteiger partial charge in [-0.15, -0.1) is 0 Å². The van der Waals surface area contributed by atoms with Gasteiger partial charge >= 0.3 is 0 Å². The minimum atomic E-state index is 0.153. The van der Waals surface area contributed by atoms with Crippen molar-refractivity contribution in [3.8, 4) is 0 Å². The Morgan fingerprint density at radius 1 is 1.00 bits per heavy atom. The molecule has 4 nitrogen and oxygen atoms in total. The molecule has 0 aromatic heterocycles. The number of hydrogen-bond acceptors (Lipinski definition) is 3. The van der Waals surface area contributed by atoms with Gasteiger partial charge in [-0.1, -0.05) is 41.9 Å². The molecular formula is C20H24ClN3O. The molecule has 1 heterocycles. The lowest BCUT2D eigenvalue weighted by molar-refractivity contribution is -0.119. The van der Waals surface area contributed by atoms with Gasteiger partial charge in [0.05, 0.1) is 17.3 Å². The molecule has 0 saturated carbocycles. The minimum absolute atomic E-state index is 0.153. The fourth-order valence-corrected chi connectivity index (χ4v) is 3.50. The third-order valence-electron chi connectivity index (χ3n) is 4.61. The van der Waals surface area contributed by atoms with Gasteiger partial charge in [-0.3, -0.25) is 9.69 Å². The summed E-state index contributed by atoms with van der Waals surface area (Å²) in [5.41, 5.74) is 2.04. The van der Waals surface area contributed by atoms with Crippen molar-refractivity contribution in [3.05, 3.63) is 59.6 Å². The number of nitrogens with zero attached hydrogens (tertiary/aromatic N) is 3. The van der Waals surface area contributed by atoms with Crippen LogP contribution in [0.15, 0.2) is 54.6 Å². The molecule has 0 unspecified atom stereocenters. The molecule has 0 atom stereocenters. The van der Waals surface area contributed by atoms with E-state index in [0.29, 0.717) is 13.1 Å². The molecule has 2 aromatic rings. The summed E-state index contributed by atoms with van der Waals surface area (Å²) in [6.07, 6.45) is 0. The Balaban J connectivity index is 1.57. The van der Waals surface area contributed by atoms with Crippen LogP contribution in [0.25, 0.3) is 0 Å². The number of hydrogen-bond donors (Lipinski definition) is 0. The quantitative estimate of drug-likeness (QED) is 0.819. The number of carbonyl (C=O) groups excluding carboxylic acids is 1. The summed E-state index contributed by atoms with van der Waals surface area (Å²) in [7, 11) is 0. The summed E-state index contributed by atoms with van der Waals surface area (Å²) >= 11 is 6.29. The maximum Gasteiger partial charge on any atom is 0.241 e. The molecule has 1 fully saturated rings. The summed E-state index contributed by atoms with van der Waals surface area (Å²) in [6, 6.07) is 17.8. The third-order valence-corrected chi connectivity index (χ3v) is 4.93. The smallest absolute Gasteiger partial charge is 0.241 e. The van der Waals surface area contributed by atoms with Crippen LogP contribution in [-0.4, -0.2) is 50.1 Å². The van der Waals surface area contributed by atoms with E-state index in [4.69, 9.17) is 11.6 Å². The first-order chi connectivity index (χ1) is 12.2. The zero-order valence-corrected chi connectivity index (χ0v) is 15.3. The van der Waals surface area contributed by atoms with Crippen molar-refractivity contribution in [1.29, 1.82) is 0 Å². The number of piperazine rings is 1. The van der Waals surface area contributed by atoms with Crippen LogP contribution in [-0.2, 0) is 4.79 Å². The van der Waals surface area contributed by atoms with E-state index >= 15 is 0 Å². The van der Waals surface area contributed by atoms with Crippen LogP contribution in [0.3, 0.4) is 0 Å². The van der Waals surface area contributed by atoms with E-state index in [9.17, 15) is 4.79 Å². The lowest BCUT2D eigenvalue weighted by atomic mass is 10.2. The fourth-order valence-electron chi connectivity index (χ4n) is 3.24. The number of rotatable bonds is 5. The minimum Gasteiger partial charge on any atom is -0.368 e. The van der Waals surface area contributed by atoms with Gasteiger partial charge < -0.3 is 9.80 Å². The highest BCUT2D eigenvalue weighted by Crippen LogP contribution is 2.26. The predicted molar refractivity (Wildman–Crippen MR) is 105 cm³/mol. The Kier molecular flexibility index (Phi) is 5.95. The Bertz CT molecular complexity index is 699. The molecule has 0 aliphatic carbocycles. The van der Waals surface area contributed by atoms with Crippen molar-refractivity contribution in [2.75, 3.05) is 49.1 Å². The molecule has 1 saturated heterocycles. The van der Waals surface area contributed by atoms with Crippen LogP contribution in [0.2, 0.25) is 5.02 Å². The van der Waals surface area contributed by atoms with E-state index in [0.717, 1.165) is 42.6 Å². The molecule has 0 N–H and O–H groups in total. The van der Waals surface area contributed by atoms with Crippen LogP contribution in [0.4, 0.5) is 11.4 Å². The van der Waals surface area contributed by atoms with Crippen LogP contribution in [0.5, 0.6) is 0 Å². The number of anilines is 2. The lowest BCUT2D eigenvalue weighted by Gasteiger charge is -2.36. The number of halogens is 1. The molecule has 2 aromatic carbocycles. The van der Waals surface area contributed by atoms with E-state index in [-0.39, 0.29) is 5.91 Å². The zero-order chi connectivity index (χ0) is 17.6. The van der Waals surface area contributed by atoms with Gasteiger partial charge in [0.25, 0.3) is 0 Å². The van der Waals surface area contributed by atoms with Crippen molar-refractivity contribution in [3.63, 3.8) is 0 Å². The predicted octanol–water partition coefficient (Wildman–Crippen LogP) is 3.52. The van der Waals surface area contributed by atoms with Gasteiger partial charge in [0.1, 0.15) is 0 Å². The van der Waals surface area contributed by atoms with E-state index in [2.05, 4.69) is 15.9 Å². The Morgan fingerprint density at radius 3 is 2.28 bits per heavy atom. The second-order valence-corrected chi connectivity index (χ2v) is 6.60. The van der Waals surface area contributed by atoms with Crippen LogP contribution >= 0.6 is 11.6 Å². The summed E-state index contributed by atoms with van der Waals surface area (Å²) < 4.78 is 0. The zero-order valence-electron chi connectivity index (χ0n) is 14.6. The fraction of sp³-hybridized carbons (Fsp3) is 0.350. The third kappa shape index (κ3) is 4.33. The largest absolute Gasteiger partial charge is 0.368 e. The Hall–Kier alpha value is -2.04. The summed E-state index contributed by atoms with van der Waals surface area (Å²) in [5.74, 6) is 0.153. The van der Waals surface area contributed by atoms with Crippen LogP contribution in [0, 0.1) is 0 Å². The Morgan fingerprint density at radius 2 is 1.64 bits per heavy atom. The van der Waals surface area contributed by atoms with Crippen molar-refractivity contribution in [1.82, 2.24) is 4.90 Å². The summed E-state index contributed by atoms with van der Waals surface area (Å²) in [4.78, 5) is 19.1. The second-order valence-electron chi connectivity index (χ2n) is 6.19. The SMILES string of the molecule is CCN(C(=O)CN1CCN(c2ccccc2Cl)CC1)c1ccccc1. The van der Waals surface area contributed by atoms with Gasteiger partial charge in [-0.2, -0.15) is 0 Å². The number of amides is 1. The second kappa shape index (κ2) is 8.37. The maximum atomic E-state index is 12.7. The van der Waals surface area contributed by atoms with Gasteiger partial charge in [0, 0.05) is 38.4 Å². The molecule has 3 rings (SSSR count). The first kappa shape index (κ1) is 17.8. The number of para-hydroxylation sites is 2. The highest BCUT2D eigenvalue weighted by Gasteiger charge is 2.22. The van der Waals surface area contributed by atoms with E-state index in [1.807, 2.05) is 60.4 Å². The molecule has 1 aliphatic rings. The first-order valence-corrected chi connectivity index (χ1v) is 9.14. The van der Waals surface area contributed by atoms with E-state index < -0.39 is 0 Å². The van der Waals surface area contributed by atoms with Gasteiger partial charge in [-0.25, -0.2) is 0 Å². The van der Waals surface area contributed by atoms with E-state index in [1.54, 1.807) is 0 Å². The van der Waals surface area contributed by atoms with Gasteiger partial charge in [-0.05, 0) is 31.2 Å². The molecule has 0 radical (unpaired) electrons. The van der Waals surface area contributed by atoms with E-state index in [1.165, 1.54) is 0 Å². The molecule has 132 valence electrons. The molecule has 5 heteroatoms. The van der Waals surface area contributed by atoms with Crippen molar-refractivity contribution < 1.29 is 4.79 Å².